The minimum atomic E-state index is -3.83. The van der Waals surface area contributed by atoms with Gasteiger partial charge in [0.25, 0.3) is 0 Å². The molecule has 2 aromatic carbocycles. The first-order chi connectivity index (χ1) is 14.7. The van der Waals surface area contributed by atoms with Crippen molar-refractivity contribution < 1.29 is 17.9 Å². The van der Waals surface area contributed by atoms with Gasteiger partial charge in [-0.1, -0.05) is 32.0 Å². The zero-order valence-corrected chi connectivity index (χ0v) is 19.4. The topological polar surface area (TPSA) is 97.4 Å². The van der Waals surface area contributed by atoms with Crippen molar-refractivity contribution in [3.8, 4) is 17.0 Å². The summed E-state index contributed by atoms with van der Waals surface area (Å²) in [5.74, 6) is 0.0285. The number of methoxy groups -OCH3 is 1. The molecule has 1 atom stereocenters. The van der Waals surface area contributed by atoms with Gasteiger partial charge in [-0.05, 0) is 49.2 Å². The summed E-state index contributed by atoms with van der Waals surface area (Å²) in [5.41, 5.74) is 1.66. The van der Waals surface area contributed by atoms with E-state index < -0.39 is 22.0 Å². The number of hydrogen-bond acceptors (Lipinski definition) is 6. The van der Waals surface area contributed by atoms with Gasteiger partial charge in [-0.25, -0.2) is 13.4 Å². The number of aryl methyl sites for hydroxylation is 1. The van der Waals surface area contributed by atoms with Crippen molar-refractivity contribution in [2.45, 2.75) is 31.7 Å². The molecule has 0 saturated carbocycles. The number of anilines is 1. The van der Waals surface area contributed by atoms with Gasteiger partial charge < -0.3 is 10.1 Å². The van der Waals surface area contributed by atoms with Crippen LogP contribution in [0.2, 0.25) is 0 Å². The number of amides is 1. The fourth-order valence-corrected chi connectivity index (χ4v) is 5.18. The van der Waals surface area contributed by atoms with Crippen molar-refractivity contribution in [3.63, 3.8) is 0 Å². The maximum atomic E-state index is 12.9. The monoisotopic (exact) mass is 459 g/mol. The highest BCUT2D eigenvalue weighted by atomic mass is 32.2. The molecule has 164 valence electrons. The van der Waals surface area contributed by atoms with Gasteiger partial charge in [-0.15, -0.1) is 11.3 Å². The van der Waals surface area contributed by atoms with Gasteiger partial charge in [0, 0.05) is 10.4 Å². The third-order valence-corrected chi connectivity index (χ3v) is 7.02. The Labute approximate surface area is 186 Å². The number of carbonyl (C=O) groups is 1. The largest absolute Gasteiger partial charge is 0.497 e. The van der Waals surface area contributed by atoms with Crippen molar-refractivity contribution in [1.82, 2.24) is 9.71 Å². The van der Waals surface area contributed by atoms with Crippen LogP contribution in [-0.2, 0) is 14.8 Å². The van der Waals surface area contributed by atoms with Gasteiger partial charge in [0.1, 0.15) is 11.8 Å². The Balaban J connectivity index is 1.78. The zero-order valence-electron chi connectivity index (χ0n) is 17.7. The normalized spacial score (nSPS) is 12.5. The molecule has 1 unspecified atom stereocenters. The van der Waals surface area contributed by atoms with E-state index in [4.69, 9.17) is 4.74 Å². The lowest BCUT2D eigenvalue weighted by Gasteiger charge is -2.21. The predicted molar refractivity (Wildman–Crippen MR) is 123 cm³/mol. The number of aromatic nitrogens is 1. The summed E-state index contributed by atoms with van der Waals surface area (Å²) in [6.07, 6.45) is 0. The molecule has 31 heavy (non-hydrogen) atoms. The highest BCUT2D eigenvalue weighted by Gasteiger charge is 2.29. The molecule has 0 saturated heterocycles. The molecule has 1 aromatic heterocycles. The van der Waals surface area contributed by atoms with E-state index in [2.05, 4.69) is 15.0 Å². The molecule has 0 aliphatic carbocycles. The molecule has 7 nitrogen and oxygen atoms in total. The van der Waals surface area contributed by atoms with Crippen LogP contribution in [0.1, 0.15) is 18.7 Å². The molecular formula is C22H25N3O4S2. The van der Waals surface area contributed by atoms with Crippen LogP contribution >= 0.6 is 11.3 Å². The molecule has 3 rings (SSSR count). The van der Waals surface area contributed by atoms with Gasteiger partial charge in [0.05, 0.1) is 17.7 Å². The molecule has 0 fully saturated rings. The van der Waals surface area contributed by atoms with Gasteiger partial charge >= 0.3 is 0 Å². The third kappa shape index (κ3) is 5.49. The van der Waals surface area contributed by atoms with Crippen LogP contribution in [0.25, 0.3) is 11.3 Å². The Morgan fingerprint density at radius 3 is 2.29 bits per heavy atom. The number of benzene rings is 2. The molecule has 1 amide bonds. The van der Waals surface area contributed by atoms with Crippen LogP contribution in [0, 0.1) is 12.8 Å². The number of nitrogens with one attached hydrogen (secondary N) is 2. The number of sulfonamides is 1. The number of nitrogens with zero attached hydrogens (tertiary/aromatic N) is 1. The standard InChI is InChI=1S/C22H25N3O4S2/c1-14(2)19(25-31(27,28)18-8-6-5-7-9-18)21(26)24-22-23-20(15(3)30-22)16-10-12-17(29-4)13-11-16/h5-14,19,25H,1-4H3,(H,23,24,26). The molecular weight excluding hydrogens is 434 g/mol. The predicted octanol–water partition coefficient (Wildman–Crippen LogP) is 4.07. The Bertz CT molecular complexity index is 1140. The van der Waals surface area contributed by atoms with Crippen LogP contribution in [0.15, 0.2) is 59.5 Å². The van der Waals surface area contributed by atoms with Crippen LogP contribution < -0.4 is 14.8 Å². The number of hydrogen-bond donors (Lipinski definition) is 2. The molecule has 0 radical (unpaired) electrons. The maximum absolute atomic E-state index is 12.9. The fourth-order valence-electron chi connectivity index (χ4n) is 2.98. The Hall–Kier alpha value is -2.75. The van der Waals surface area contributed by atoms with Crippen molar-refractivity contribution in [2.24, 2.45) is 5.92 Å². The van der Waals surface area contributed by atoms with E-state index in [0.717, 1.165) is 21.9 Å². The van der Waals surface area contributed by atoms with Crippen molar-refractivity contribution >= 4 is 32.4 Å². The van der Waals surface area contributed by atoms with Crippen molar-refractivity contribution in [2.75, 3.05) is 12.4 Å². The fraction of sp³-hybridized carbons (Fsp3) is 0.273. The Morgan fingerprint density at radius 1 is 1.06 bits per heavy atom. The lowest BCUT2D eigenvalue weighted by Crippen LogP contribution is -2.47. The third-order valence-electron chi connectivity index (χ3n) is 4.67. The first-order valence-electron chi connectivity index (χ1n) is 9.71. The van der Waals surface area contributed by atoms with E-state index >= 15 is 0 Å². The van der Waals surface area contributed by atoms with Gasteiger partial charge in [-0.2, -0.15) is 4.72 Å². The smallest absolute Gasteiger partial charge is 0.244 e. The van der Waals surface area contributed by atoms with Gasteiger partial charge in [0.2, 0.25) is 15.9 Å². The second-order valence-electron chi connectivity index (χ2n) is 7.30. The second kappa shape index (κ2) is 9.59. The zero-order chi connectivity index (χ0) is 22.6. The molecule has 0 aliphatic rings. The molecule has 3 aromatic rings. The summed E-state index contributed by atoms with van der Waals surface area (Å²) in [5, 5.41) is 3.18. The van der Waals surface area contributed by atoms with Crippen molar-refractivity contribution in [3.05, 3.63) is 59.5 Å². The number of thiazole rings is 1. The maximum Gasteiger partial charge on any atom is 0.244 e. The van der Waals surface area contributed by atoms with Gasteiger partial charge in [0.15, 0.2) is 5.13 Å². The van der Waals surface area contributed by atoms with E-state index in [0.29, 0.717) is 5.13 Å². The molecule has 1 heterocycles. The SMILES string of the molecule is COc1ccc(-c2nc(NC(=O)C(NS(=O)(=O)c3ccccc3)C(C)C)sc2C)cc1. The van der Waals surface area contributed by atoms with E-state index in [1.165, 1.54) is 23.5 Å². The summed E-state index contributed by atoms with van der Waals surface area (Å²) in [7, 11) is -2.23. The minimum absolute atomic E-state index is 0.111. The van der Waals surface area contributed by atoms with E-state index in [1.807, 2.05) is 31.2 Å². The summed E-state index contributed by atoms with van der Waals surface area (Å²) in [6.45, 7) is 5.49. The molecule has 2 N–H and O–H groups in total. The van der Waals surface area contributed by atoms with Crippen molar-refractivity contribution in [1.29, 1.82) is 0 Å². The summed E-state index contributed by atoms with van der Waals surface area (Å²) >= 11 is 1.34. The minimum Gasteiger partial charge on any atom is -0.497 e. The number of ether oxygens (including phenoxy) is 1. The van der Waals surface area contributed by atoms with E-state index in [1.54, 1.807) is 39.2 Å². The van der Waals surface area contributed by atoms with Crippen LogP contribution in [0.3, 0.4) is 0 Å². The molecule has 0 bridgehead atoms. The van der Waals surface area contributed by atoms with Crippen LogP contribution in [0.5, 0.6) is 5.75 Å². The van der Waals surface area contributed by atoms with E-state index in [9.17, 15) is 13.2 Å². The molecule has 0 spiro atoms. The average molecular weight is 460 g/mol. The average Bonchev–Trinajstić information content (AvgIpc) is 3.12. The Morgan fingerprint density at radius 2 is 1.71 bits per heavy atom. The number of rotatable bonds is 8. The van der Waals surface area contributed by atoms with E-state index in [-0.39, 0.29) is 10.8 Å². The summed E-state index contributed by atoms with van der Waals surface area (Å²) in [4.78, 5) is 18.5. The van der Waals surface area contributed by atoms with Crippen LogP contribution in [0.4, 0.5) is 5.13 Å². The lowest BCUT2D eigenvalue weighted by atomic mass is 10.1. The van der Waals surface area contributed by atoms with Crippen LogP contribution in [-0.4, -0.2) is 32.5 Å². The lowest BCUT2D eigenvalue weighted by molar-refractivity contribution is -0.118. The molecule has 9 heteroatoms. The summed E-state index contributed by atoms with van der Waals surface area (Å²) in [6, 6.07) is 14.5. The highest BCUT2D eigenvalue weighted by molar-refractivity contribution is 7.89. The second-order valence-corrected chi connectivity index (χ2v) is 10.2. The first kappa shape index (κ1) is 22.9. The number of carbonyl (C=O) groups excluding carboxylic acids is 1. The molecule has 0 aliphatic heterocycles. The van der Waals surface area contributed by atoms with Gasteiger partial charge in [-0.3, -0.25) is 4.79 Å². The quantitative estimate of drug-likeness (QED) is 0.529. The highest BCUT2D eigenvalue weighted by Crippen LogP contribution is 2.31. The summed E-state index contributed by atoms with van der Waals surface area (Å²) < 4.78 is 33.1. The first-order valence-corrected chi connectivity index (χ1v) is 12.0. The Kier molecular flexibility index (Phi) is 7.09.